The zero-order valence-electron chi connectivity index (χ0n) is 12.4. The number of amides is 1. The molecule has 114 valence electrons. The molecule has 0 atom stereocenters. The van der Waals surface area contributed by atoms with E-state index in [-0.39, 0.29) is 5.91 Å². The topological polar surface area (TPSA) is 72.4 Å². The zero-order chi connectivity index (χ0) is 15.8. The molecule has 5 heteroatoms. The van der Waals surface area contributed by atoms with E-state index in [0.717, 1.165) is 17.7 Å². The summed E-state index contributed by atoms with van der Waals surface area (Å²) < 4.78 is 5.46. The number of fused-ring (bicyclic) bond motifs is 1. The number of nitrogens with zero attached hydrogens (tertiary/aromatic N) is 2. The number of nitrogen functional groups attached to an aromatic ring is 1. The summed E-state index contributed by atoms with van der Waals surface area (Å²) in [6.07, 6.45) is 2.27. The van der Waals surface area contributed by atoms with Crippen LogP contribution in [0.3, 0.4) is 0 Å². The summed E-state index contributed by atoms with van der Waals surface area (Å²) in [5.74, 6) is 0.252. The van der Waals surface area contributed by atoms with Crippen LogP contribution in [0.1, 0.15) is 16.1 Å². The molecular formula is C18H15N3O2. The third kappa shape index (κ3) is 2.36. The quantitative estimate of drug-likeness (QED) is 0.738. The molecule has 2 heterocycles. The van der Waals surface area contributed by atoms with E-state index in [1.54, 1.807) is 17.0 Å². The van der Waals surface area contributed by atoms with Crippen LogP contribution in [0.2, 0.25) is 0 Å². The van der Waals surface area contributed by atoms with E-state index in [2.05, 4.69) is 4.98 Å². The fraction of sp³-hybridized carbons (Fsp3) is 0.111. The SMILES string of the molecule is Nc1cccc(-c2nc(C(=O)N3CCc4ccccc43)co2)c1. The average Bonchev–Trinajstić information content (AvgIpc) is 3.22. The van der Waals surface area contributed by atoms with Gasteiger partial charge in [0, 0.05) is 23.5 Å². The van der Waals surface area contributed by atoms with Gasteiger partial charge in [-0.3, -0.25) is 4.79 Å². The molecule has 0 aliphatic carbocycles. The summed E-state index contributed by atoms with van der Waals surface area (Å²) in [6, 6.07) is 15.2. The van der Waals surface area contributed by atoms with Gasteiger partial charge in [0.05, 0.1) is 0 Å². The molecule has 5 nitrogen and oxygen atoms in total. The van der Waals surface area contributed by atoms with Crippen LogP contribution in [0.25, 0.3) is 11.5 Å². The van der Waals surface area contributed by atoms with Gasteiger partial charge in [0.1, 0.15) is 6.26 Å². The van der Waals surface area contributed by atoms with E-state index in [4.69, 9.17) is 10.2 Å². The van der Waals surface area contributed by atoms with E-state index in [0.29, 0.717) is 23.8 Å². The molecule has 0 spiro atoms. The van der Waals surface area contributed by atoms with Gasteiger partial charge in [-0.2, -0.15) is 0 Å². The Morgan fingerprint density at radius 2 is 2.04 bits per heavy atom. The molecular weight excluding hydrogens is 290 g/mol. The second-order valence-electron chi connectivity index (χ2n) is 5.50. The predicted octanol–water partition coefficient (Wildman–Crippen LogP) is 3.13. The highest BCUT2D eigenvalue weighted by Gasteiger charge is 2.27. The van der Waals surface area contributed by atoms with Gasteiger partial charge in [-0.15, -0.1) is 0 Å². The van der Waals surface area contributed by atoms with E-state index in [1.807, 2.05) is 36.4 Å². The van der Waals surface area contributed by atoms with E-state index in [9.17, 15) is 4.79 Å². The number of rotatable bonds is 2. The monoisotopic (exact) mass is 305 g/mol. The molecule has 2 N–H and O–H groups in total. The van der Waals surface area contributed by atoms with Gasteiger partial charge in [0.2, 0.25) is 5.89 Å². The van der Waals surface area contributed by atoms with E-state index < -0.39 is 0 Å². The molecule has 0 bridgehead atoms. The highest BCUT2D eigenvalue weighted by Crippen LogP contribution is 2.29. The number of benzene rings is 2. The predicted molar refractivity (Wildman–Crippen MR) is 88.2 cm³/mol. The fourth-order valence-electron chi connectivity index (χ4n) is 2.86. The van der Waals surface area contributed by atoms with Crippen LogP contribution in [-0.2, 0) is 6.42 Å². The number of hydrogen-bond acceptors (Lipinski definition) is 4. The normalized spacial score (nSPS) is 13.1. The van der Waals surface area contributed by atoms with Gasteiger partial charge in [-0.05, 0) is 36.2 Å². The largest absolute Gasteiger partial charge is 0.444 e. The average molecular weight is 305 g/mol. The lowest BCUT2D eigenvalue weighted by Gasteiger charge is -2.15. The maximum atomic E-state index is 12.7. The first kappa shape index (κ1) is 13.6. The molecule has 0 fully saturated rings. The second-order valence-corrected chi connectivity index (χ2v) is 5.50. The number of anilines is 2. The van der Waals surface area contributed by atoms with E-state index >= 15 is 0 Å². The Morgan fingerprint density at radius 3 is 2.91 bits per heavy atom. The standard InChI is InChI=1S/C18H15N3O2/c19-14-6-3-5-13(10-14)17-20-15(11-23-17)18(22)21-9-8-12-4-1-2-7-16(12)21/h1-7,10-11H,8-9,19H2. The van der Waals surface area contributed by atoms with Crippen molar-refractivity contribution in [2.24, 2.45) is 0 Å². The minimum Gasteiger partial charge on any atom is -0.444 e. The first-order valence-electron chi connectivity index (χ1n) is 7.43. The first-order chi connectivity index (χ1) is 11.2. The van der Waals surface area contributed by atoms with Crippen LogP contribution < -0.4 is 10.6 Å². The van der Waals surface area contributed by atoms with Crippen molar-refractivity contribution in [3.8, 4) is 11.5 Å². The molecule has 0 unspecified atom stereocenters. The van der Waals surface area contributed by atoms with Gasteiger partial charge >= 0.3 is 0 Å². The van der Waals surface area contributed by atoms with Gasteiger partial charge < -0.3 is 15.1 Å². The van der Waals surface area contributed by atoms with Crippen LogP contribution in [0.15, 0.2) is 59.2 Å². The van der Waals surface area contributed by atoms with Crippen molar-refractivity contribution in [3.63, 3.8) is 0 Å². The Kier molecular flexibility index (Phi) is 3.12. The van der Waals surface area contributed by atoms with Crippen LogP contribution >= 0.6 is 0 Å². The minimum atomic E-state index is -0.145. The highest BCUT2D eigenvalue weighted by molar-refractivity contribution is 6.06. The molecule has 2 aromatic carbocycles. The summed E-state index contributed by atoms with van der Waals surface area (Å²) in [7, 11) is 0. The Morgan fingerprint density at radius 1 is 1.17 bits per heavy atom. The molecule has 1 aliphatic heterocycles. The lowest BCUT2D eigenvalue weighted by atomic mass is 10.2. The molecule has 1 aromatic heterocycles. The smallest absolute Gasteiger partial charge is 0.280 e. The first-order valence-corrected chi connectivity index (χ1v) is 7.43. The summed E-state index contributed by atoms with van der Waals surface area (Å²) in [5, 5.41) is 0. The number of carbonyl (C=O) groups excluding carboxylic acids is 1. The van der Waals surface area contributed by atoms with Gasteiger partial charge in [-0.25, -0.2) is 4.98 Å². The summed E-state index contributed by atoms with van der Waals surface area (Å²) in [4.78, 5) is 18.8. The van der Waals surface area contributed by atoms with Crippen LogP contribution in [0, 0.1) is 0 Å². The summed E-state index contributed by atoms with van der Waals surface area (Å²) >= 11 is 0. The van der Waals surface area contributed by atoms with Crippen LogP contribution in [0.4, 0.5) is 11.4 Å². The number of oxazole rings is 1. The summed E-state index contributed by atoms with van der Waals surface area (Å²) in [5.41, 5.74) is 9.59. The molecule has 0 radical (unpaired) electrons. The lowest BCUT2D eigenvalue weighted by Crippen LogP contribution is -2.29. The lowest BCUT2D eigenvalue weighted by molar-refractivity contribution is 0.0984. The van der Waals surface area contributed by atoms with Crippen molar-refractivity contribution < 1.29 is 9.21 Å². The Hall–Kier alpha value is -3.08. The Balaban J connectivity index is 1.64. The number of nitrogens with two attached hydrogens (primary N) is 1. The highest BCUT2D eigenvalue weighted by atomic mass is 16.3. The van der Waals surface area contributed by atoms with Crippen LogP contribution in [0.5, 0.6) is 0 Å². The van der Waals surface area contributed by atoms with Crippen molar-refractivity contribution in [2.75, 3.05) is 17.2 Å². The van der Waals surface area contributed by atoms with Crippen molar-refractivity contribution in [2.45, 2.75) is 6.42 Å². The van der Waals surface area contributed by atoms with Crippen molar-refractivity contribution in [3.05, 3.63) is 66.1 Å². The molecule has 3 aromatic rings. The van der Waals surface area contributed by atoms with Crippen molar-refractivity contribution in [1.82, 2.24) is 4.98 Å². The second kappa shape index (κ2) is 5.28. The van der Waals surface area contributed by atoms with Crippen molar-refractivity contribution in [1.29, 1.82) is 0 Å². The molecule has 4 rings (SSSR count). The maximum absolute atomic E-state index is 12.7. The Bertz CT molecular complexity index is 885. The van der Waals surface area contributed by atoms with Gasteiger partial charge in [0.25, 0.3) is 5.91 Å². The minimum absolute atomic E-state index is 0.145. The zero-order valence-corrected chi connectivity index (χ0v) is 12.4. The Labute approximate surface area is 133 Å². The number of hydrogen-bond donors (Lipinski definition) is 1. The number of carbonyl (C=O) groups is 1. The number of aromatic nitrogens is 1. The number of para-hydroxylation sites is 1. The van der Waals surface area contributed by atoms with Crippen molar-refractivity contribution >= 4 is 17.3 Å². The summed E-state index contributed by atoms with van der Waals surface area (Å²) in [6.45, 7) is 0.665. The fourth-order valence-corrected chi connectivity index (χ4v) is 2.86. The maximum Gasteiger partial charge on any atom is 0.280 e. The van der Waals surface area contributed by atoms with Crippen LogP contribution in [-0.4, -0.2) is 17.4 Å². The molecule has 0 saturated carbocycles. The van der Waals surface area contributed by atoms with Gasteiger partial charge in [0.15, 0.2) is 5.69 Å². The third-order valence-corrected chi connectivity index (χ3v) is 3.99. The molecule has 0 saturated heterocycles. The molecule has 1 aliphatic rings. The van der Waals surface area contributed by atoms with E-state index in [1.165, 1.54) is 11.8 Å². The molecule has 1 amide bonds. The van der Waals surface area contributed by atoms with Gasteiger partial charge in [-0.1, -0.05) is 24.3 Å². The molecule has 23 heavy (non-hydrogen) atoms. The third-order valence-electron chi connectivity index (χ3n) is 3.99.